The van der Waals surface area contributed by atoms with Gasteiger partial charge in [0.05, 0.1) is 26.4 Å². The Bertz CT molecular complexity index is 1840. The number of phosphoric acid groups is 2. The van der Waals surface area contributed by atoms with E-state index in [1.165, 1.54) is 161 Å². The van der Waals surface area contributed by atoms with E-state index in [1.807, 2.05) is 0 Å². The van der Waals surface area contributed by atoms with Crippen molar-refractivity contribution in [3.63, 3.8) is 0 Å². The van der Waals surface area contributed by atoms with E-state index in [1.54, 1.807) is 0 Å². The lowest BCUT2D eigenvalue weighted by Gasteiger charge is -2.21. The zero-order chi connectivity index (χ0) is 68.9. The number of unbranched alkanes of at least 4 members (excludes halogenated alkanes) is 36. The first kappa shape index (κ1) is 91.1. The number of esters is 4. The van der Waals surface area contributed by atoms with Crippen molar-refractivity contribution in [3.8, 4) is 0 Å². The number of carbonyl (C=O) groups is 4. The summed E-state index contributed by atoms with van der Waals surface area (Å²) >= 11 is 0. The number of carbonyl (C=O) groups excluding carboxylic acids is 4. The monoisotopic (exact) mass is 1370 g/mol. The van der Waals surface area contributed by atoms with E-state index >= 15 is 0 Å². The number of phosphoric ester groups is 2. The van der Waals surface area contributed by atoms with Gasteiger partial charge < -0.3 is 33.8 Å². The fourth-order valence-corrected chi connectivity index (χ4v) is 12.7. The SMILES string of the molecule is CCC(C)CCCCCCCCC(=O)OC[C@H](COP(=O)(O)OCC(O)COP(=O)(O)OC[C@@H](COC(=O)CCCCCCCCCC(C)C)OC(=O)CCCCCCCCCCCCCCCCC(C)C)OC(=O)CCCCCCCCCCCCCCCC(C)C. The lowest BCUT2D eigenvalue weighted by Crippen LogP contribution is -2.30. The third-order valence-electron chi connectivity index (χ3n) is 17.4. The van der Waals surface area contributed by atoms with Gasteiger partial charge in [0.1, 0.15) is 19.3 Å². The Morgan fingerprint density at radius 3 is 0.763 bits per heavy atom. The summed E-state index contributed by atoms with van der Waals surface area (Å²) in [6, 6.07) is 0. The van der Waals surface area contributed by atoms with Crippen LogP contribution in [0.3, 0.4) is 0 Å². The number of aliphatic hydroxyl groups excluding tert-OH is 1. The normalized spacial score (nSPS) is 14.5. The van der Waals surface area contributed by atoms with Gasteiger partial charge in [-0.15, -0.1) is 0 Å². The number of hydrogen-bond acceptors (Lipinski definition) is 15. The van der Waals surface area contributed by atoms with E-state index < -0.39 is 97.5 Å². The van der Waals surface area contributed by atoms with Crippen LogP contribution in [0.25, 0.3) is 0 Å². The molecule has 0 bridgehead atoms. The molecule has 0 aromatic rings. The summed E-state index contributed by atoms with van der Waals surface area (Å²) in [6.07, 6.45) is 47.3. The number of rotatable bonds is 71. The number of aliphatic hydroxyl groups is 1. The van der Waals surface area contributed by atoms with Crippen LogP contribution in [0.5, 0.6) is 0 Å². The minimum atomic E-state index is -4.95. The molecule has 17 nitrogen and oxygen atoms in total. The van der Waals surface area contributed by atoms with Crippen molar-refractivity contribution >= 4 is 39.5 Å². The molecule has 0 rings (SSSR count). The van der Waals surface area contributed by atoms with Gasteiger partial charge in [-0.25, -0.2) is 9.13 Å². The molecule has 0 aliphatic heterocycles. The highest BCUT2D eigenvalue weighted by atomic mass is 31.2. The Morgan fingerprint density at radius 1 is 0.301 bits per heavy atom. The average Bonchev–Trinajstić information content (AvgIpc) is 2.10. The van der Waals surface area contributed by atoms with Crippen molar-refractivity contribution < 1.29 is 80.2 Å². The molecule has 0 saturated heterocycles. The van der Waals surface area contributed by atoms with Gasteiger partial charge in [-0.05, 0) is 49.4 Å². The fourth-order valence-electron chi connectivity index (χ4n) is 11.2. The summed E-state index contributed by atoms with van der Waals surface area (Å²) in [7, 11) is -9.91. The summed E-state index contributed by atoms with van der Waals surface area (Å²) in [5.74, 6) is 0.892. The van der Waals surface area contributed by atoms with Gasteiger partial charge >= 0.3 is 39.5 Å². The summed E-state index contributed by atoms with van der Waals surface area (Å²) in [6.45, 7) is 14.1. The molecule has 0 aliphatic rings. The lowest BCUT2D eigenvalue weighted by molar-refractivity contribution is -0.161. The average molecular weight is 1370 g/mol. The van der Waals surface area contributed by atoms with Gasteiger partial charge in [0, 0.05) is 25.7 Å². The molecule has 0 fully saturated rings. The van der Waals surface area contributed by atoms with Gasteiger partial charge in [-0.2, -0.15) is 0 Å². The minimum absolute atomic E-state index is 0.106. The topological polar surface area (TPSA) is 237 Å². The quantitative estimate of drug-likeness (QED) is 0.0222. The second kappa shape index (κ2) is 63.5. The van der Waals surface area contributed by atoms with Gasteiger partial charge in [-0.3, -0.25) is 37.3 Å². The highest BCUT2D eigenvalue weighted by Gasteiger charge is 2.30. The van der Waals surface area contributed by atoms with Crippen LogP contribution >= 0.6 is 15.6 Å². The third-order valence-corrected chi connectivity index (χ3v) is 19.3. The van der Waals surface area contributed by atoms with E-state index in [0.717, 1.165) is 120 Å². The van der Waals surface area contributed by atoms with E-state index in [2.05, 4.69) is 55.4 Å². The fraction of sp³-hybridized carbons (Fsp3) is 0.946. The first-order valence-electron chi connectivity index (χ1n) is 38.2. The molecule has 93 heavy (non-hydrogen) atoms. The van der Waals surface area contributed by atoms with Crippen molar-refractivity contribution in [2.45, 2.75) is 388 Å². The van der Waals surface area contributed by atoms with Gasteiger partial charge in [0.2, 0.25) is 0 Å². The Morgan fingerprint density at radius 2 is 0.516 bits per heavy atom. The molecular formula is C74H144O17P2. The largest absolute Gasteiger partial charge is 0.472 e. The van der Waals surface area contributed by atoms with Crippen LogP contribution in [0, 0.1) is 23.7 Å². The molecule has 0 heterocycles. The van der Waals surface area contributed by atoms with E-state index in [-0.39, 0.29) is 25.7 Å². The molecule has 0 saturated carbocycles. The maximum Gasteiger partial charge on any atom is 0.472 e. The Hall–Kier alpha value is -1.94. The van der Waals surface area contributed by atoms with Gasteiger partial charge in [-0.1, -0.05) is 319 Å². The maximum atomic E-state index is 13.0. The van der Waals surface area contributed by atoms with Crippen molar-refractivity contribution in [3.05, 3.63) is 0 Å². The molecule has 552 valence electrons. The Balaban J connectivity index is 5.23. The molecule has 6 atom stereocenters. The zero-order valence-electron chi connectivity index (χ0n) is 60.9. The smallest absolute Gasteiger partial charge is 0.462 e. The van der Waals surface area contributed by atoms with Crippen molar-refractivity contribution in [1.82, 2.24) is 0 Å². The van der Waals surface area contributed by atoms with E-state index in [0.29, 0.717) is 31.6 Å². The predicted octanol–water partition coefficient (Wildman–Crippen LogP) is 21.3. The van der Waals surface area contributed by atoms with Gasteiger partial charge in [0.15, 0.2) is 12.2 Å². The molecule has 0 aliphatic carbocycles. The minimum Gasteiger partial charge on any atom is -0.462 e. The molecule has 0 aromatic carbocycles. The maximum absolute atomic E-state index is 13.0. The van der Waals surface area contributed by atoms with Crippen molar-refractivity contribution in [2.24, 2.45) is 23.7 Å². The van der Waals surface area contributed by atoms with Crippen molar-refractivity contribution in [1.29, 1.82) is 0 Å². The van der Waals surface area contributed by atoms with Crippen LogP contribution in [0.2, 0.25) is 0 Å². The standard InChI is InChI=1S/C74H144O17P2/c1-9-67(8)53-45-37-32-33-39-47-55-72(77)85-61-70(91-74(79)57-49-41-30-24-20-16-12-14-18-22-27-35-43-51-65(4)5)63-89-93(82,83)87-59-68(75)58-86-92(80,81)88-62-69(60-84-71(76)54-46-38-31-25-28-36-44-52-66(6)7)90-73(78)56-48-40-29-23-19-15-11-10-13-17-21-26-34-42-50-64(2)3/h64-70,75H,9-63H2,1-8H3,(H,80,81)(H,82,83)/t67?,68?,69-,70-/m1/s1. The highest BCUT2D eigenvalue weighted by molar-refractivity contribution is 7.47. The third kappa shape index (κ3) is 67.0. The molecule has 3 N–H and O–H groups in total. The van der Waals surface area contributed by atoms with Crippen LogP contribution in [0.1, 0.15) is 370 Å². The molecule has 4 unspecified atom stereocenters. The van der Waals surface area contributed by atoms with Gasteiger partial charge in [0.25, 0.3) is 0 Å². The molecule has 0 amide bonds. The number of hydrogen-bond donors (Lipinski definition) is 3. The van der Waals surface area contributed by atoms with Crippen LogP contribution < -0.4 is 0 Å². The van der Waals surface area contributed by atoms with Crippen LogP contribution in [-0.2, 0) is 65.4 Å². The second-order valence-corrected chi connectivity index (χ2v) is 31.3. The summed E-state index contributed by atoms with van der Waals surface area (Å²) in [5.41, 5.74) is 0. The summed E-state index contributed by atoms with van der Waals surface area (Å²) in [4.78, 5) is 72.7. The molecule has 0 spiro atoms. The van der Waals surface area contributed by atoms with E-state index in [9.17, 15) is 43.2 Å². The first-order valence-corrected chi connectivity index (χ1v) is 41.2. The Labute approximate surface area is 568 Å². The molecular weight excluding hydrogens is 1220 g/mol. The van der Waals surface area contributed by atoms with Crippen LogP contribution in [-0.4, -0.2) is 96.7 Å². The Kier molecular flexibility index (Phi) is 62.2. The van der Waals surface area contributed by atoms with E-state index in [4.69, 9.17) is 37.0 Å². The molecule has 0 radical (unpaired) electrons. The van der Waals surface area contributed by atoms with Crippen LogP contribution in [0.15, 0.2) is 0 Å². The lowest BCUT2D eigenvalue weighted by atomic mass is 10.00. The number of ether oxygens (including phenoxy) is 4. The first-order chi connectivity index (χ1) is 44.6. The molecule has 19 heteroatoms. The predicted molar refractivity (Wildman–Crippen MR) is 377 cm³/mol. The summed E-state index contributed by atoms with van der Waals surface area (Å²) in [5, 5.41) is 10.6. The zero-order valence-corrected chi connectivity index (χ0v) is 62.7. The summed E-state index contributed by atoms with van der Waals surface area (Å²) < 4.78 is 68.4. The second-order valence-electron chi connectivity index (χ2n) is 28.4. The van der Waals surface area contributed by atoms with Crippen LogP contribution in [0.4, 0.5) is 0 Å². The highest BCUT2D eigenvalue weighted by Crippen LogP contribution is 2.45. The van der Waals surface area contributed by atoms with Crippen molar-refractivity contribution in [2.75, 3.05) is 39.6 Å². The molecule has 0 aromatic heterocycles.